The topological polar surface area (TPSA) is 104 Å². The zero-order valence-electron chi connectivity index (χ0n) is 18.3. The molecule has 8 nitrogen and oxygen atoms in total. The highest BCUT2D eigenvalue weighted by atomic mass is 32.2. The summed E-state index contributed by atoms with van der Waals surface area (Å²) in [5, 5.41) is 2.68. The Labute approximate surface area is 190 Å². The number of nitrogens with zero attached hydrogens (tertiary/aromatic N) is 2. The number of nitrogens with one attached hydrogen (secondary N) is 1. The minimum absolute atomic E-state index is 0.129. The Morgan fingerprint density at radius 2 is 1.47 bits per heavy atom. The molecule has 2 aromatic carbocycles. The Kier molecular flexibility index (Phi) is 7.71. The third-order valence-corrected chi connectivity index (χ3v) is 9.19. The number of likely N-dealkylation sites (N-methyl/N-ethyl adjacent to an activating group) is 1. The van der Waals surface area contributed by atoms with Crippen LogP contribution in [0.25, 0.3) is 0 Å². The van der Waals surface area contributed by atoms with Crippen LogP contribution >= 0.6 is 0 Å². The minimum Gasteiger partial charge on any atom is -0.351 e. The average Bonchev–Trinajstić information content (AvgIpc) is 2.79. The maximum absolute atomic E-state index is 12.7. The molecule has 2 aromatic rings. The van der Waals surface area contributed by atoms with E-state index in [0.29, 0.717) is 13.1 Å². The molecule has 0 bridgehead atoms. The lowest BCUT2D eigenvalue weighted by atomic mass is 10.2. The predicted molar refractivity (Wildman–Crippen MR) is 122 cm³/mol. The summed E-state index contributed by atoms with van der Waals surface area (Å²) in [5.41, 5.74) is 1.67. The van der Waals surface area contributed by atoms with Gasteiger partial charge in [0.1, 0.15) is 0 Å². The fourth-order valence-electron chi connectivity index (χ4n) is 3.47. The first-order valence-corrected chi connectivity index (χ1v) is 13.4. The quantitative estimate of drug-likeness (QED) is 0.625. The van der Waals surface area contributed by atoms with Crippen molar-refractivity contribution in [1.29, 1.82) is 0 Å². The molecule has 32 heavy (non-hydrogen) atoms. The fourth-order valence-corrected chi connectivity index (χ4v) is 6.11. The van der Waals surface area contributed by atoms with Gasteiger partial charge in [-0.15, -0.1) is 0 Å². The second-order valence-corrected chi connectivity index (χ2v) is 11.9. The van der Waals surface area contributed by atoms with Gasteiger partial charge in [0, 0.05) is 26.7 Å². The molecule has 10 heteroatoms. The lowest BCUT2D eigenvalue weighted by Crippen LogP contribution is -2.38. The van der Waals surface area contributed by atoms with Gasteiger partial charge in [0.05, 0.1) is 16.3 Å². The number of rotatable bonds is 8. The van der Waals surface area contributed by atoms with Gasteiger partial charge in [-0.25, -0.2) is 16.8 Å². The summed E-state index contributed by atoms with van der Waals surface area (Å²) in [6.45, 7) is 2.79. The van der Waals surface area contributed by atoms with Crippen LogP contribution in [0.1, 0.15) is 30.4 Å². The van der Waals surface area contributed by atoms with Gasteiger partial charge in [0.25, 0.3) is 0 Å². The molecule has 1 heterocycles. The van der Waals surface area contributed by atoms with Gasteiger partial charge in [-0.2, -0.15) is 8.61 Å². The summed E-state index contributed by atoms with van der Waals surface area (Å²) in [4.78, 5) is 12.6. The smallest absolute Gasteiger partial charge is 0.243 e. The Balaban J connectivity index is 1.56. The van der Waals surface area contributed by atoms with Crippen LogP contribution < -0.4 is 5.32 Å². The monoisotopic (exact) mass is 479 g/mol. The van der Waals surface area contributed by atoms with Crippen molar-refractivity contribution in [1.82, 2.24) is 13.9 Å². The molecule has 1 N–H and O–H groups in total. The van der Waals surface area contributed by atoms with Gasteiger partial charge in [0.2, 0.25) is 26.0 Å². The summed E-state index contributed by atoms with van der Waals surface area (Å²) in [6.07, 6.45) is 2.79. The van der Waals surface area contributed by atoms with Crippen molar-refractivity contribution >= 4 is 26.0 Å². The Bertz CT molecular complexity index is 1140. The summed E-state index contributed by atoms with van der Waals surface area (Å²) in [5.74, 6) is -0.451. The highest BCUT2D eigenvalue weighted by molar-refractivity contribution is 7.89. The van der Waals surface area contributed by atoms with Gasteiger partial charge in [-0.05, 0) is 49.6 Å². The van der Waals surface area contributed by atoms with Crippen LogP contribution in [0.15, 0.2) is 58.3 Å². The van der Waals surface area contributed by atoms with Crippen LogP contribution in [-0.2, 0) is 31.4 Å². The molecule has 0 spiro atoms. The molecule has 174 valence electrons. The van der Waals surface area contributed by atoms with Gasteiger partial charge in [-0.1, -0.05) is 36.2 Å². The Hall–Kier alpha value is -2.27. The molecule has 3 rings (SSSR count). The maximum atomic E-state index is 12.7. The summed E-state index contributed by atoms with van der Waals surface area (Å²) < 4.78 is 53.1. The number of benzene rings is 2. The molecular formula is C22H29N3O5S2. The van der Waals surface area contributed by atoms with E-state index in [-0.39, 0.29) is 22.9 Å². The summed E-state index contributed by atoms with van der Waals surface area (Å²) in [7, 11) is -5.91. The van der Waals surface area contributed by atoms with E-state index in [4.69, 9.17) is 0 Å². The first kappa shape index (κ1) is 24.4. The highest BCUT2D eigenvalue weighted by Gasteiger charge is 2.26. The molecule has 0 aromatic heterocycles. The Morgan fingerprint density at radius 3 is 2.06 bits per heavy atom. The van der Waals surface area contributed by atoms with Crippen molar-refractivity contribution in [3.8, 4) is 0 Å². The molecule has 0 unspecified atom stereocenters. The van der Waals surface area contributed by atoms with Gasteiger partial charge >= 0.3 is 0 Å². The molecule has 0 aliphatic carbocycles. The lowest BCUT2D eigenvalue weighted by molar-refractivity contribution is -0.121. The third kappa shape index (κ3) is 5.74. The summed E-state index contributed by atoms with van der Waals surface area (Å²) in [6, 6.07) is 12.8. The first-order chi connectivity index (χ1) is 15.1. The summed E-state index contributed by atoms with van der Waals surface area (Å²) >= 11 is 0. The third-order valence-electron chi connectivity index (χ3n) is 5.46. The second kappa shape index (κ2) is 10.1. The van der Waals surface area contributed by atoms with Crippen LogP contribution in [0.5, 0.6) is 0 Å². The second-order valence-electron chi connectivity index (χ2n) is 7.96. The predicted octanol–water partition coefficient (Wildman–Crippen LogP) is 2.11. The van der Waals surface area contributed by atoms with E-state index < -0.39 is 26.0 Å². The average molecular weight is 480 g/mol. The normalized spacial score (nSPS) is 15.6. The van der Waals surface area contributed by atoms with Crippen LogP contribution in [0.2, 0.25) is 0 Å². The van der Waals surface area contributed by atoms with Gasteiger partial charge in [-0.3, -0.25) is 4.79 Å². The van der Waals surface area contributed by atoms with E-state index in [1.807, 2.05) is 6.92 Å². The fraction of sp³-hybridized carbons (Fsp3) is 0.409. The van der Waals surface area contributed by atoms with Gasteiger partial charge < -0.3 is 5.32 Å². The van der Waals surface area contributed by atoms with E-state index in [1.165, 1.54) is 23.5 Å². The zero-order chi connectivity index (χ0) is 23.4. The number of hydrogen-bond donors (Lipinski definition) is 1. The molecule has 1 aliphatic rings. The van der Waals surface area contributed by atoms with Crippen molar-refractivity contribution in [3.63, 3.8) is 0 Å². The van der Waals surface area contributed by atoms with Crippen molar-refractivity contribution in [2.24, 2.45) is 0 Å². The SMILES string of the molecule is Cc1ccc(S(=O)(=O)N(C)CC(=O)NCc2ccc(S(=O)(=O)N3CCCCC3)cc2)cc1. The molecule has 1 amide bonds. The van der Waals surface area contributed by atoms with E-state index in [9.17, 15) is 21.6 Å². The van der Waals surface area contributed by atoms with Crippen molar-refractivity contribution in [2.45, 2.75) is 42.5 Å². The molecule has 0 atom stereocenters. The van der Waals surface area contributed by atoms with E-state index in [1.54, 1.807) is 36.4 Å². The van der Waals surface area contributed by atoms with E-state index in [0.717, 1.165) is 34.7 Å². The molecule has 1 aliphatic heterocycles. The minimum atomic E-state index is -3.77. The number of aryl methyl sites for hydroxylation is 1. The van der Waals surface area contributed by atoms with E-state index >= 15 is 0 Å². The number of hydrogen-bond acceptors (Lipinski definition) is 5. The Morgan fingerprint density at radius 1 is 0.906 bits per heavy atom. The largest absolute Gasteiger partial charge is 0.351 e. The number of carbonyl (C=O) groups is 1. The highest BCUT2D eigenvalue weighted by Crippen LogP contribution is 2.21. The first-order valence-electron chi connectivity index (χ1n) is 10.5. The van der Waals surface area contributed by atoms with Crippen molar-refractivity contribution in [2.75, 3.05) is 26.7 Å². The maximum Gasteiger partial charge on any atom is 0.243 e. The van der Waals surface area contributed by atoms with E-state index in [2.05, 4.69) is 5.32 Å². The van der Waals surface area contributed by atoms with Crippen molar-refractivity contribution < 1.29 is 21.6 Å². The van der Waals surface area contributed by atoms with Gasteiger partial charge in [0.15, 0.2) is 0 Å². The van der Waals surface area contributed by atoms with Crippen LogP contribution in [0, 0.1) is 6.92 Å². The molecule has 0 saturated carbocycles. The number of sulfonamides is 2. The number of piperidine rings is 1. The molecular weight excluding hydrogens is 450 g/mol. The lowest BCUT2D eigenvalue weighted by Gasteiger charge is -2.25. The number of carbonyl (C=O) groups excluding carboxylic acids is 1. The molecule has 1 saturated heterocycles. The van der Waals surface area contributed by atoms with Crippen molar-refractivity contribution in [3.05, 3.63) is 59.7 Å². The molecule has 1 fully saturated rings. The van der Waals surface area contributed by atoms with Crippen LogP contribution in [0.4, 0.5) is 0 Å². The van der Waals surface area contributed by atoms with Crippen LogP contribution in [0.3, 0.4) is 0 Å². The number of amides is 1. The van der Waals surface area contributed by atoms with Crippen LogP contribution in [-0.4, -0.2) is 58.0 Å². The standard InChI is InChI=1S/C22H29N3O5S2/c1-18-6-10-20(11-7-18)31(27,28)24(2)17-22(26)23-16-19-8-12-21(13-9-19)32(29,30)25-14-4-3-5-15-25/h6-13H,3-5,14-17H2,1-2H3,(H,23,26). The zero-order valence-corrected chi connectivity index (χ0v) is 20.0. The molecule has 0 radical (unpaired) electrons.